The number of amides is 1. The minimum Gasteiger partial charge on any atom is -0.479 e. The molecule has 0 aromatic carbocycles. The number of hydrogen-bond acceptors (Lipinski definition) is 4. The molecule has 88 valence electrons. The molecule has 3 N–H and O–H groups in total. The Hall–Kier alpha value is -0.920. The third-order valence-corrected chi connectivity index (χ3v) is 3.96. The monoisotopic (exact) mass is 307 g/mol. The Bertz CT molecular complexity index is 398. The zero-order chi connectivity index (χ0) is 12.3. The number of aliphatic hydroxyl groups is 1. The molecule has 1 atom stereocenters. The highest BCUT2D eigenvalue weighted by atomic mass is 79.9. The molecule has 0 aliphatic carbocycles. The molecule has 1 unspecified atom stereocenters. The summed E-state index contributed by atoms with van der Waals surface area (Å²) in [5, 5.41) is 19.7. The standard InChI is InChI=1S/C9H10BrNO4S/c1-4-2-6(16-7(4)10)8(13)11-3-5(12)9(14)15/h2,5,12H,3H2,1H3,(H,11,13)(H,14,15). The van der Waals surface area contributed by atoms with Crippen LogP contribution in [-0.4, -0.2) is 34.7 Å². The van der Waals surface area contributed by atoms with Crippen molar-refractivity contribution in [3.63, 3.8) is 0 Å². The van der Waals surface area contributed by atoms with Crippen molar-refractivity contribution in [3.05, 3.63) is 20.3 Å². The normalized spacial score (nSPS) is 12.2. The minimum atomic E-state index is -1.58. The van der Waals surface area contributed by atoms with E-state index in [-0.39, 0.29) is 12.5 Å². The summed E-state index contributed by atoms with van der Waals surface area (Å²) in [6, 6.07) is 1.69. The Balaban J connectivity index is 2.56. The molecule has 16 heavy (non-hydrogen) atoms. The molecule has 1 aromatic rings. The molecule has 0 aliphatic heterocycles. The fraction of sp³-hybridized carbons (Fsp3) is 0.333. The zero-order valence-corrected chi connectivity index (χ0v) is 10.8. The maximum Gasteiger partial charge on any atom is 0.334 e. The molecule has 0 spiro atoms. The Morgan fingerprint density at radius 2 is 2.25 bits per heavy atom. The second-order valence-electron chi connectivity index (χ2n) is 3.13. The number of carboxylic acids is 1. The van der Waals surface area contributed by atoms with E-state index < -0.39 is 12.1 Å². The number of halogens is 1. The predicted octanol–water partition coefficient (Wildman–Crippen LogP) is 0.994. The first-order valence-electron chi connectivity index (χ1n) is 4.37. The van der Waals surface area contributed by atoms with E-state index in [0.717, 1.165) is 9.35 Å². The molecule has 0 bridgehead atoms. The molecule has 1 aromatic heterocycles. The van der Waals surface area contributed by atoms with Crippen LogP contribution in [0.1, 0.15) is 15.2 Å². The Morgan fingerprint density at radius 3 is 2.69 bits per heavy atom. The van der Waals surface area contributed by atoms with Gasteiger partial charge in [-0.15, -0.1) is 11.3 Å². The lowest BCUT2D eigenvalue weighted by molar-refractivity contribution is -0.146. The van der Waals surface area contributed by atoms with Crippen LogP contribution in [0.2, 0.25) is 0 Å². The van der Waals surface area contributed by atoms with E-state index >= 15 is 0 Å². The summed E-state index contributed by atoms with van der Waals surface area (Å²) in [7, 11) is 0. The van der Waals surface area contributed by atoms with Crippen LogP contribution in [0.3, 0.4) is 0 Å². The quantitative estimate of drug-likeness (QED) is 0.774. The lowest BCUT2D eigenvalue weighted by Gasteiger charge is -2.06. The van der Waals surface area contributed by atoms with Gasteiger partial charge in [0.2, 0.25) is 0 Å². The summed E-state index contributed by atoms with van der Waals surface area (Å²) in [4.78, 5) is 22.3. The summed E-state index contributed by atoms with van der Waals surface area (Å²) in [6.45, 7) is 1.55. The molecule has 0 fully saturated rings. The van der Waals surface area contributed by atoms with Crippen LogP contribution >= 0.6 is 27.3 Å². The number of aliphatic hydroxyl groups excluding tert-OH is 1. The lowest BCUT2D eigenvalue weighted by Crippen LogP contribution is -2.36. The molecular weight excluding hydrogens is 298 g/mol. The minimum absolute atomic E-state index is 0.303. The van der Waals surface area contributed by atoms with Crippen LogP contribution in [0.4, 0.5) is 0 Å². The van der Waals surface area contributed by atoms with E-state index in [1.807, 2.05) is 6.92 Å². The van der Waals surface area contributed by atoms with Crippen molar-refractivity contribution in [2.45, 2.75) is 13.0 Å². The van der Waals surface area contributed by atoms with Crippen molar-refractivity contribution in [2.24, 2.45) is 0 Å². The second-order valence-corrected chi connectivity index (χ2v) is 5.50. The van der Waals surface area contributed by atoms with Crippen molar-refractivity contribution in [3.8, 4) is 0 Å². The van der Waals surface area contributed by atoms with Gasteiger partial charge in [0.25, 0.3) is 5.91 Å². The van der Waals surface area contributed by atoms with Crippen LogP contribution < -0.4 is 5.32 Å². The topological polar surface area (TPSA) is 86.6 Å². The average Bonchev–Trinajstić information content (AvgIpc) is 2.55. The summed E-state index contributed by atoms with van der Waals surface area (Å²) >= 11 is 4.54. The van der Waals surface area contributed by atoms with Gasteiger partial charge in [-0.25, -0.2) is 4.79 Å². The van der Waals surface area contributed by atoms with Crippen molar-refractivity contribution in [1.29, 1.82) is 0 Å². The predicted molar refractivity (Wildman–Crippen MR) is 62.7 cm³/mol. The molecular formula is C9H10BrNO4S. The number of carboxylic acid groups (broad SMARTS) is 1. The van der Waals surface area contributed by atoms with Crippen LogP contribution in [0, 0.1) is 6.92 Å². The highest BCUT2D eigenvalue weighted by molar-refractivity contribution is 9.11. The van der Waals surface area contributed by atoms with Crippen molar-refractivity contribution in [2.75, 3.05) is 6.54 Å². The fourth-order valence-electron chi connectivity index (χ4n) is 0.936. The SMILES string of the molecule is Cc1cc(C(=O)NCC(O)C(=O)O)sc1Br. The van der Waals surface area contributed by atoms with E-state index in [1.54, 1.807) is 6.07 Å². The lowest BCUT2D eigenvalue weighted by atomic mass is 10.3. The number of aliphatic carboxylic acids is 1. The van der Waals surface area contributed by atoms with Crippen molar-refractivity contribution >= 4 is 39.1 Å². The molecule has 0 saturated heterocycles. The molecule has 1 rings (SSSR count). The zero-order valence-electron chi connectivity index (χ0n) is 8.36. The van der Waals surface area contributed by atoms with Crippen molar-refractivity contribution in [1.82, 2.24) is 5.32 Å². The maximum atomic E-state index is 11.5. The van der Waals surface area contributed by atoms with Gasteiger partial charge in [-0.2, -0.15) is 0 Å². The fourth-order valence-corrected chi connectivity index (χ4v) is 2.39. The largest absolute Gasteiger partial charge is 0.479 e. The van der Waals surface area contributed by atoms with Gasteiger partial charge in [-0.1, -0.05) is 0 Å². The van der Waals surface area contributed by atoms with E-state index in [1.165, 1.54) is 11.3 Å². The van der Waals surface area contributed by atoms with Crippen molar-refractivity contribution < 1.29 is 19.8 Å². The molecule has 0 aliphatic rings. The number of carbonyl (C=O) groups is 2. The maximum absolute atomic E-state index is 11.5. The molecule has 7 heteroatoms. The van der Waals surface area contributed by atoms with Gasteiger partial charge in [0.15, 0.2) is 6.10 Å². The summed E-state index contributed by atoms with van der Waals surface area (Å²) in [5.74, 6) is -1.75. The van der Waals surface area contributed by atoms with E-state index in [0.29, 0.717) is 4.88 Å². The van der Waals surface area contributed by atoms with Crippen LogP contribution in [0.25, 0.3) is 0 Å². The van der Waals surface area contributed by atoms with Gasteiger partial charge in [-0.05, 0) is 34.5 Å². The first-order chi connectivity index (χ1) is 7.41. The Labute approximate surface area is 104 Å². The van der Waals surface area contributed by atoms with E-state index in [4.69, 9.17) is 10.2 Å². The highest BCUT2D eigenvalue weighted by Crippen LogP contribution is 2.27. The van der Waals surface area contributed by atoms with Gasteiger partial charge >= 0.3 is 5.97 Å². The Morgan fingerprint density at radius 1 is 1.62 bits per heavy atom. The van der Waals surface area contributed by atoms with Gasteiger partial charge in [-0.3, -0.25) is 4.79 Å². The summed E-state index contributed by atoms with van der Waals surface area (Å²) < 4.78 is 0.858. The van der Waals surface area contributed by atoms with Gasteiger partial charge in [0, 0.05) is 0 Å². The number of thiophene rings is 1. The third-order valence-electron chi connectivity index (χ3n) is 1.82. The molecule has 1 amide bonds. The van der Waals surface area contributed by atoms with Crippen LogP contribution in [0.15, 0.2) is 9.85 Å². The van der Waals surface area contributed by atoms with E-state index in [9.17, 15) is 9.59 Å². The number of nitrogens with one attached hydrogen (secondary N) is 1. The molecule has 5 nitrogen and oxygen atoms in total. The number of aryl methyl sites for hydroxylation is 1. The number of rotatable bonds is 4. The molecule has 0 radical (unpaired) electrons. The van der Waals surface area contributed by atoms with Gasteiger partial charge in [0.05, 0.1) is 15.2 Å². The second kappa shape index (κ2) is 5.42. The van der Waals surface area contributed by atoms with Gasteiger partial charge in [0.1, 0.15) is 0 Å². The Kier molecular flexibility index (Phi) is 4.45. The van der Waals surface area contributed by atoms with E-state index in [2.05, 4.69) is 21.2 Å². The third kappa shape index (κ3) is 3.29. The number of hydrogen-bond donors (Lipinski definition) is 3. The molecule has 0 saturated carbocycles. The first-order valence-corrected chi connectivity index (χ1v) is 5.97. The smallest absolute Gasteiger partial charge is 0.334 e. The number of carbonyl (C=O) groups excluding carboxylic acids is 1. The van der Waals surface area contributed by atoms with Gasteiger partial charge < -0.3 is 15.5 Å². The van der Waals surface area contributed by atoms with Crippen LogP contribution in [-0.2, 0) is 4.79 Å². The van der Waals surface area contributed by atoms with Crippen LogP contribution in [0.5, 0.6) is 0 Å². The summed E-state index contributed by atoms with van der Waals surface area (Å²) in [5.41, 5.74) is 0.939. The summed E-state index contributed by atoms with van der Waals surface area (Å²) in [6.07, 6.45) is -1.58. The highest BCUT2D eigenvalue weighted by Gasteiger charge is 2.16. The molecule has 1 heterocycles. The first kappa shape index (κ1) is 13.1. The average molecular weight is 308 g/mol.